The molecule has 0 saturated carbocycles. The first-order valence-corrected chi connectivity index (χ1v) is 13.6. The zero-order chi connectivity index (χ0) is 27.7. The topological polar surface area (TPSA) is 98.7 Å². The Labute approximate surface area is 230 Å². The molecule has 39 heavy (non-hydrogen) atoms. The molecule has 1 fully saturated rings. The van der Waals surface area contributed by atoms with Crippen molar-refractivity contribution in [3.05, 3.63) is 72.6 Å². The molecule has 2 aliphatic rings. The fourth-order valence-electron chi connectivity index (χ4n) is 4.88. The van der Waals surface area contributed by atoms with Gasteiger partial charge in [0.15, 0.2) is 22.2 Å². The van der Waals surface area contributed by atoms with E-state index in [0.29, 0.717) is 43.4 Å². The first-order chi connectivity index (χ1) is 18.8. The van der Waals surface area contributed by atoms with Gasteiger partial charge in [-0.3, -0.25) is 9.36 Å². The highest BCUT2D eigenvalue weighted by Crippen LogP contribution is 2.36. The van der Waals surface area contributed by atoms with Gasteiger partial charge in [0.25, 0.3) is 5.56 Å². The number of piperazine rings is 1. The van der Waals surface area contributed by atoms with Crippen LogP contribution in [0.1, 0.15) is 31.2 Å². The smallest absolute Gasteiger partial charge is 0.338 e. The number of hydrogen-bond donors (Lipinski definition) is 0. The van der Waals surface area contributed by atoms with Gasteiger partial charge < -0.3 is 28.4 Å². The third-order valence-electron chi connectivity index (χ3n) is 6.94. The number of fused-ring (bicyclic) bond motifs is 1. The molecule has 0 radical (unpaired) electrons. The fourth-order valence-corrected chi connectivity index (χ4v) is 5.90. The zero-order valence-electron chi connectivity index (χ0n) is 22.7. The lowest BCUT2D eigenvalue weighted by molar-refractivity contribution is -0.139. The lowest BCUT2D eigenvalue weighted by Gasteiger charge is -2.32. The van der Waals surface area contributed by atoms with Crippen LogP contribution in [0.5, 0.6) is 11.5 Å². The Kier molecular flexibility index (Phi) is 7.62. The average Bonchev–Trinajstić information content (AvgIpc) is 3.52. The zero-order valence-corrected chi connectivity index (χ0v) is 23.5. The molecule has 1 unspecified atom stereocenters. The minimum absolute atomic E-state index is 0.201. The molecular weight excluding hydrogens is 520 g/mol. The number of methoxy groups -OCH3 is 2. The Morgan fingerprint density at radius 2 is 1.87 bits per heavy atom. The summed E-state index contributed by atoms with van der Waals surface area (Å²) in [5, 5.41) is 0. The highest BCUT2D eigenvalue weighted by atomic mass is 32.1. The summed E-state index contributed by atoms with van der Waals surface area (Å²) in [5.74, 6) is 1.88. The number of carbonyl (C=O) groups excluding carboxylic acids is 1. The second-order valence-electron chi connectivity index (χ2n) is 9.38. The van der Waals surface area contributed by atoms with Crippen LogP contribution >= 0.6 is 11.3 Å². The van der Waals surface area contributed by atoms with Gasteiger partial charge in [-0.2, -0.15) is 0 Å². The summed E-state index contributed by atoms with van der Waals surface area (Å²) in [5.41, 5.74) is 1.20. The van der Waals surface area contributed by atoms with Crippen LogP contribution in [-0.2, 0) is 9.53 Å². The van der Waals surface area contributed by atoms with Gasteiger partial charge in [-0.1, -0.05) is 17.4 Å². The van der Waals surface area contributed by atoms with Crippen molar-refractivity contribution in [2.75, 3.05) is 59.0 Å². The standard InChI is InChI=1S/C28H32N4O6S/c1-6-37-27(34)24-17(2)29-28-32(25(24)18-7-9-20(35-4)21(15-18)36-5)26(33)22(39-28)16-19-8-10-23(38-19)31-13-11-30(3)12-14-31/h7-10,15-16,25H,6,11-14H2,1-5H3/b22-16-. The highest BCUT2D eigenvalue weighted by molar-refractivity contribution is 7.07. The number of nitrogens with zero attached hydrogens (tertiary/aromatic N) is 4. The van der Waals surface area contributed by atoms with E-state index in [9.17, 15) is 9.59 Å². The predicted molar refractivity (Wildman–Crippen MR) is 148 cm³/mol. The average molecular weight is 553 g/mol. The highest BCUT2D eigenvalue weighted by Gasteiger charge is 2.34. The van der Waals surface area contributed by atoms with Crippen molar-refractivity contribution in [1.82, 2.24) is 9.47 Å². The van der Waals surface area contributed by atoms with E-state index in [1.165, 1.54) is 11.3 Å². The van der Waals surface area contributed by atoms with Crippen molar-refractivity contribution >= 4 is 29.3 Å². The van der Waals surface area contributed by atoms with Crippen molar-refractivity contribution in [3.8, 4) is 11.5 Å². The second kappa shape index (κ2) is 11.1. The van der Waals surface area contributed by atoms with E-state index >= 15 is 0 Å². The lowest BCUT2D eigenvalue weighted by atomic mass is 9.95. The number of thiazole rings is 1. The van der Waals surface area contributed by atoms with E-state index in [1.807, 2.05) is 18.2 Å². The number of esters is 1. The second-order valence-corrected chi connectivity index (χ2v) is 10.4. The Balaban J connectivity index is 1.60. The number of allylic oxidation sites excluding steroid dienone is 1. The van der Waals surface area contributed by atoms with Crippen LogP contribution < -0.4 is 29.3 Å². The largest absolute Gasteiger partial charge is 0.493 e. The predicted octanol–water partition coefficient (Wildman–Crippen LogP) is 2.16. The Hall–Kier alpha value is -3.83. The van der Waals surface area contributed by atoms with Crippen LogP contribution in [0.25, 0.3) is 6.08 Å². The summed E-state index contributed by atoms with van der Waals surface area (Å²) in [4.78, 5) is 36.6. The molecule has 1 aromatic carbocycles. The Bertz CT molecular complexity index is 1590. The maximum Gasteiger partial charge on any atom is 0.338 e. The van der Waals surface area contributed by atoms with Crippen LogP contribution in [0.3, 0.4) is 0 Å². The maximum absolute atomic E-state index is 13.9. The van der Waals surface area contributed by atoms with E-state index in [0.717, 1.165) is 32.1 Å². The van der Waals surface area contributed by atoms with Gasteiger partial charge >= 0.3 is 5.97 Å². The molecule has 206 valence electrons. The number of aromatic nitrogens is 1. The van der Waals surface area contributed by atoms with Crippen LogP contribution in [0.2, 0.25) is 0 Å². The van der Waals surface area contributed by atoms with Gasteiger partial charge in [-0.25, -0.2) is 9.79 Å². The number of hydrogen-bond acceptors (Lipinski definition) is 10. The number of rotatable bonds is 7. The van der Waals surface area contributed by atoms with Crippen LogP contribution in [0.15, 0.2) is 55.8 Å². The van der Waals surface area contributed by atoms with Crippen LogP contribution in [-0.4, -0.2) is 69.5 Å². The molecule has 0 aliphatic carbocycles. The molecule has 11 heteroatoms. The lowest BCUT2D eigenvalue weighted by Crippen LogP contribution is -2.44. The minimum atomic E-state index is -0.750. The number of likely N-dealkylation sites (N-methyl/N-ethyl adjacent to an activating group) is 1. The molecule has 0 amide bonds. The third kappa shape index (κ3) is 5.11. The Morgan fingerprint density at radius 1 is 1.13 bits per heavy atom. The summed E-state index contributed by atoms with van der Waals surface area (Å²) in [6, 6.07) is 8.39. The van der Waals surface area contributed by atoms with Crippen molar-refractivity contribution in [2.24, 2.45) is 4.99 Å². The molecule has 5 rings (SSSR count). The molecule has 1 saturated heterocycles. The third-order valence-corrected chi connectivity index (χ3v) is 7.92. The quantitative estimate of drug-likeness (QED) is 0.412. The van der Waals surface area contributed by atoms with E-state index in [4.69, 9.17) is 18.6 Å². The molecule has 3 aromatic rings. The van der Waals surface area contributed by atoms with Gasteiger partial charge in [-0.05, 0) is 44.7 Å². The van der Waals surface area contributed by atoms with Crippen LogP contribution in [0.4, 0.5) is 5.88 Å². The summed E-state index contributed by atoms with van der Waals surface area (Å²) in [7, 11) is 5.20. The van der Waals surface area contributed by atoms with E-state index in [-0.39, 0.29) is 12.2 Å². The SMILES string of the molecule is CCOC(=O)C1=C(C)N=c2s/c(=C\c3ccc(N4CCN(C)CC4)o3)c(=O)n2C1c1ccc(OC)c(OC)c1. The van der Waals surface area contributed by atoms with Gasteiger partial charge in [0, 0.05) is 38.3 Å². The Morgan fingerprint density at radius 3 is 2.56 bits per heavy atom. The first kappa shape index (κ1) is 26.8. The minimum Gasteiger partial charge on any atom is -0.493 e. The van der Waals surface area contributed by atoms with Crippen molar-refractivity contribution in [1.29, 1.82) is 0 Å². The van der Waals surface area contributed by atoms with E-state index in [2.05, 4.69) is 21.8 Å². The maximum atomic E-state index is 13.9. The van der Waals surface area contributed by atoms with Crippen molar-refractivity contribution in [3.63, 3.8) is 0 Å². The molecule has 10 nitrogen and oxygen atoms in total. The number of benzene rings is 1. The van der Waals surface area contributed by atoms with Gasteiger partial charge in [0.1, 0.15) is 5.76 Å². The number of carbonyl (C=O) groups is 1. The monoisotopic (exact) mass is 552 g/mol. The van der Waals surface area contributed by atoms with Gasteiger partial charge in [0.05, 0.1) is 42.7 Å². The summed E-state index contributed by atoms with van der Waals surface area (Å²) < 4.78 is 24.4. The molecule has 2 aromatic heterocycles. The van der Waals surface area contributed by atoms with E-state index < -0.39 is 12.0 Å². The van der Waals surface area contributed by atoms with Crippen molar-refractivity contribution < 1.29 is 23.4 Å². The number of anilines is 1. The normalized spacial score (nSPS) is 18.1. The summed E-state index contributed by atoms with van der Waals surface area (Å²) in [6.45, 7) is 7.40. The fraction of sp³-hybridized carbons (Fsp3) is 0.393. The molecule has 0 spiro atoms. The van der Waals surface area contributed by atoms with Gasteiger partial charge in [0.2, 0.25) is 0 Å². The summed E-state index contributed by atoms with van der Waals surface area (Å²) >= 11 is 1.25. The number of furan rings is 1. The number of ether oxygens (including phenoxy) is 3. The molecule has 4 heterocycles. The first-order valence-electron chi connectivity index (χ1n) is 12.8. The summed E-state index contributed by atoms with van der Waals surface area (Å²) in [6.07, 6.45) is 1.73. The molecule has 1 atom stereocenters. The molecule has 0 bridgehead atoms. The molecular formula is C28H32N4O6S. The van der Waals surface area contributed by atoms with Crippen LogP contribution in [0, 0.1) is 0 Å². The van der Waals surface area contributed by atoms with E-state index in [1.54, 1.807) is 50.8 Å². The van der Waals surface area contributed by atoms with Gasteiger partial charge in [-0.15, -0.1) is 0 Å². The molecule has 2 aliphatic heterocycles. The molecule has 0 N–H and O–H groups in total. The van der Waals surface area contributed by atoms with Crippen molar-refractivity contribution in [2.45, 2.75) is 19.9 Å².